The van der Waals surface area contributed by atoms with Gasteiger partial charge in [-0.2, -0.15) is 0 Å². The topological polar surface area (TPSA) is 42.0 Å². The third-order valence-electron chi connectivity index (χ3n) is 4.80. The first-order valence-electron chi connectivity index (χ1n) is 8.50. The lowest BCUT2D eigenvalue weighted by Crippen LogP contribution is -2.49. The number of carbonyl (C=O) groups excluding carboxylic acids is 1. The van der Waals surface area contributed by atoms with Crippen molar-refractivity contribution in [3.63, 3.8) is 0 Å². The van der Waals surface area contributed by atoms with Crippen LogP contribution in [-0.4, -0.2) is 56.6 Å². The summed E-state index contributed by atoms with van der Waals surface area (Å²) in [4.78, 5) is 16.7. The van der Waals surface area contributed by atoms with Gasteiger partial charge >= 0.3 is 0 Å². The predicted molar refractivity (Wildman–Crippen MR) is 97.2 cm³/mol. The molecule has 6 heteroatoms. The molecule has 1 amide bonds. The van der Waals surface area contributed by atoms with Crippen molar-refractivity contribution >= 4 is 5.91 Å². The fourth-order valence-electron chi connectivity index (χ4n) is 3.28. The van der Waals surface area contributed by atoms with Crippen LogP contribution in [-0.2, 0) is 0 Å². The molecular weight excluding hydrogens is 335 g/mol. The molecule has 2 aromatic rings. The summed E-state index contributed by atoms with van der Waals surface area (Å²) in [6, 6.07) is 11.7. The van der Waals surface area contributed by atoms with Crippen LogP contribution >= 0.6 is 0 Å². The second kappa shape index (κ2) is 7.74. The fraction of sp³-hybridized carbons (Fsp3) is 0.350. The lowest BCUT2D eigenvalue weighted by molar-refractivity contribution is 0.0545. The molecule has 2 aromatic carbocycles. The van der Waals surface area contributed by atoms with Gasteiger partial charge in [0.05, 0.1) is 20.3 Å². The Labute approximate surface area is 152 Å². The minimum Gasteiger partial charge on any atom is -0.493 e. The van der Waals surface area contributed by atoms with Gasteiger partial charge in [0.15, 0.2) is 11.5 Å². The number of piperazine rings is 1. The van der Waals surface area contributed by atoms with Crippen LogP contribution in [0.25, 0.3) is 0 Å². The smallest absolute Gasteiger partial charge is 0.254 e. The van der Waals surface area contributed by atoms with E-state index >= 15 is 0 Å². The summed E-state index contributed by atoms with van der Waals surface area (Å²) in [5.41, 5.74) is 1.42. The average molecular weight is 358 g/mol. The second-order valence-electron chi connectivity index (χ2n) is 6.37. The number of methoxy groups -OCH3 is 2. The van der Waals surface area contributed by atoms with Gasteiger partial charge < -0.3 is 14.4 Å². The molecule has 0 bridgehead atoms. The first-order valence-corrected chi connectivity index (χ1v) is 8.50. The van der Waals surface area contributed by atoms with Crippen molar-refractivity contribution in [1.29, 1.82) is 0 Å². The lowest BCUT2D eigenvalue weighted by atomic mass is 10.0. The van der Waals surface area contributed by atoms with E-state index in [0.717, 1.165) is 12.1 Å². The zero-order valence-electron chi connectivity index (χ0n) is 15.2. The van der Waals surface area contributed by atoms with Gasteiger partial charge in [0, 0.05) is 25.2 Å². The minimum absolute atomic E-state index is 0.0288. The van der Waals surface area contributed by atoms with Crippen LogP contribution in [0.15, 0.2) is 42.5 Å². The van der Waals surface area contributed by atoms with E-state index in [-0.39, 0.29) is 11.9 Å². The van der Waals surface area contributed by atoms with Crippen molar-refractivity contribution in [2.75, 3.05) is 40.9 Å². The molecule has 1 fully saturated rings. The third kappa shape index (κ3) is 3.65. The zero-order valence-corrected chi connectivity index (χ0v) is 15.2. The largest absolute Gasteiger partial charge is 0.493 e. The maximum Gasteiger partial charge on any atom is 0.254 e. The van der Waals surface area contributed by atoms with Crippen molar-refractivity contribution in [3.05, 3.63) is 59.4 Å². The Morgan fingerprint density at radius 3 is 2.54 bits per heavy atom. The number of likely N-dealkylation sites (N-methyl/N-ethyl adjacent to an activating group) is 1. The number of amides is 1. The minimum atomic E-state index is -0.401. The Balaban J connectivity index is 1.83. The van der Waals surface area contributed by atoms with Gasteiger partial charge in [0.25, 0.3) is 5.91 Å². The van der Waals surface area contributed by atoms with Crippen molar-refractivity contribution < 1.29 is 18.7 Å². The van der Waals surface area contributed by atoms with E-state index in [1.165, 1.54) is 12.1 Å². The summed E-state index contributed by atoms with van der Waals surface area (Å²) in [6.45, 7) is 1.87. The summed E-state index contributed by atoms with van der Waals surface area (Å²) < 4.78 is 24.1. The molecule has 26 heavy (non-hydrogen) atoms. The van der Waals surface area contributed by atoms with Crippen molar-refractivity contribution in [1.82, 2.24) is 9.80 Å². The Morgan fingerprint density at radius 1 is 1.08 bits per heavy atom. The third-order valence-corrected chi connectivity index (χ3v) is 4.80. The van der Waals surface area contributed by atoms with Gasteiger partial charge in [0.1, 0.15) is 5.82 Å². The van der Waals surface area contributed by atoms with Gasteiger partial charge in [-0.15, -0.1) is 0 Å². The first kappa shape index (κ1) is 18.2. The van der Waals surface area contributed by atoms with Crippen molar-refractivity contribution in [2.45, 2.75) is 6.04 Å². The van der Waals surface area contributed by atoms with Crippen LogP contribution < -0.4 is 9.47 Å². The highest BCUT2D eigenvalue weighted by Crippen LogP contribution is 2.33. The predicted octanol–water partition coefficient (Wildman–Crippen LogP) is 2.97. The van der Waals surface area contributed by atoms with E-state index in [0.29, 0.717) is 30.2 Å². The monoisotopic (exact) mass is 358 g/mol. The van der Waals surface area contributed by atoms with Gasteiger partial charge in [-0.1, -0.05) is 12.1 Å². The van der Waals surface area contributed by atoms with Gasteiger partial charge in [0.2, 0.25) is 0 Å². The van der Waals surface area contributed by atoms with E-state index < -0.39 is 5.82 Å². The lowest BCUT2D eigenvalue weighted by Gasteiger charge is -2.40. The number of hydrogen-bond acceptors (Lipinski definition) is 4. The summed E-state index contributed by atoms with van der Waals surface area (Å²) in [5, 5.41) is 0. The Hall–Kier alpha value is -2.60. The molecular formula is C20H23FN2O3. The number of halogens is 1. The molecule has 0 N–H and O–H groups in total. The standard InChI is InChI=1S/C20H23FN2O3/c1-22-9-10-23(20(24)15-5-4-6-16(21)11-15)13-17(22)14-7-8-18(25-2)19(12-14)26-3/h4-8,11-12,17H,9-10,13H2,1-3H3. The molecule has 1 heterocycles. The molecule has 0 aliphatic carbocycles. The normalized spacial score (nSPS) is 17.8. The molecule has 0 spiro atoms. The molecule has 1 aliphatic heterocycles. The van der Waals surface area contributed by atoms with E-state index in [1.54, 1.807) is 31.3 Å². The van der Waals surface area contributed by atoms with E-state index in [1.807, 2.05) is 25.2 Å². The maximum absolute atomic E-state index is 13.4. The molecule has 1 unspecified atom stereocenters. The summed E-state index contributed by atoms with van der Waals surface area (Å²) in [6.07, 6.45) is 0. The molecule has 138 valence electrons. The van der Waals surface area contributed by atoms with E-state index in [4.69, 9.17) is 9.47 Å². The molecule has 0 aromatic heterocycles. The van der Waals surface area contributed by atoms with Crippen molar-refractivity contribution in [2.24, 2.45) is 0 Å². The van der Waals surface area contributed by atoms with Gasteiger partial charge in [-0.3, -0.25) is 9.69 Å². The van der Waals surface area contributed by atoms with E-state index in [9.17, 15) is 9.18 Å². The number of benzene rings is 2. The highest BCUT2D eigenvalue weighted by atomic mass is 19.1. The average Bonchev–Trinajstić information content (AvgIpc) is 2.67. The maximum atomic E-state index is 13.4. The molecule has 1 saturated heterocycles. The van der Waals surface area contributed by atoms with Crippen LogP contribution in [0.3, 0.4) is 0 Å². The van der Waals surface area contributed by atoms with Crippen LogP contribution in [0.5, 0.6) is 11.5 Å². The quantitative estimate of drug-likeness (QED) is 0.843. The first-order chi connectivity index (χ1) is 12.5. The molecule has 1 atom stereocenters. The molecule has 3 rings (SSSR count). The number of nitrogens with zero attached hydrogens (tertiary/aromatic N) is 2. The second-order valence-corrected chi connectivity index (χ2v) is 6.37. The number of ether oxygens (including phenoxy) is 2. The highest BCUT2D eigenvalue weighted by molar-refractivity contribution is 5.94. The summed E-state index contributed by atoms with van der Waals surface area (Å²) in [7, 11) is 5.24. The van der Waals surface area contributed by atoms with Crippen LogP contribution in [0, 0.1) is 5.82 Å². The Morgan fingerprint density at radius 2 is 1.85 bits per heavy atom. The Kier molecular flexibility index (Phi) is 5.42. The number of hydrogen-bond donors (Lipinski definition) is 0. The van der Waals surface area contributed by atoms with Crippen LogP contribution in [0.4, 0.5) is 4.39 Å². The Bertz CT molecular complexity index is 796. The van der Waals surface area contributed by atoms with Crippen LogP contribution in [0.1, 0.15) is 22.0 Å². The molecule has 5 nitrogen and oxygen atoms in total. The molecule has 1 aliphatic rings. The van der Waals surface area contributed by atoms with Crippen LogP contribution in [0.2, 0.25) is 0 Å². The molecule has 0 radical (unpaired) electrons. The van der Waals surface area contributed by atoms with E-state index in [2.05, 4.69) is 4.90 Å². The number of rotatable bonds is 4. The van der Waals surface area contributed by atoms with Gasteiger partial charge in [-0.25, -0.2) is 4.39 Å². The zero-order chi connectivity index (χ0) is 18.7. The summed E-state index contributed by atoms with van der Waals surface area (Å²) in [5.74, 6) is 0.777. The number of carbonyl (C=O) groups is 1. The SMILES string of the molecule is COc1ccc(C2CN(C(=O)c3cccc(F)c3)CCN2C)cc1OC. The highest BCUT2D eigenvalue weighted by Gasteiger charge is 2.29. The van der Waals surface area contributed by atoms with Crippen molar-refractivity contribution in [3.8, 4) is 11.5 Å². The summed E-state index contributed by atoms with van der Waals surface area (Å²) >= 11 is 0. The fourth-order valence-corrected chi connectivity index (χ4v) is 3.28. The molecule has 0 saturated carbocycles. The van der Waals surface area contributed by atoms with Gasteiger partial charge in [-0.05, 0) is 42.9 Å².